The number of rotatable bonds is 5. The fourth-order valence-corrected chi connectivity index (χ4v) is 4.51. The van der Waals surface area contributed by atoms with Crippen LogP contribution in [0.1, 0.15) is 51.4 Å². The maximum atomic E-state index is 10.6. The van der Waals surface area contributed by atoms with Gasteiger partial charge < -0.3 is 19.5 Å². The molecule has 5 nitrogen and oxygen atoms in total. The molecule has 8 heteroatoms. The molecule has 2 heterocycles. The average Bonchev–Trinajstić information content (AvgIpc) is 3.41. The second-order valence-electron chi connectivity index (χ2n) is 8.79. The van der Waals surface area contributed by atoms with Crippen LogP contribution in [0.4, 0.5) is 13.2 Å². The number of piperidine rings is 1. The first-order chi connectivity index (χ1) is 13.3. The monoisotopic (exact) mass is 407 g/mol. The van der Waals surface area contributed by atoms with E-state index in [1.165, 1.54) is 64.5 Å². The Balaban J connectivity index is 0.000000279. The number of ether oxygens (including phenoxy) is 2. The molecule has 1 spiro atoms. The minimum absolute atomic E-state index is 0.530. The Morgan fingerprint density at radius 2 is 1.75 bits per heavy atom. The standard InChI is InChI=1S/C18H31NO2.C2HF3O2/c1-2-17(3-1)19-9-6-18(7-10-19)8-11-20-13-16(18)14-21-12-15-4-5-15;3-2(4,5)1(6)7/h15-17H,1-14H2;(H,6,7). The highest BCUT2D eigenvalue weighted by Gasteiger charge is 2.45. The first kappa shape index (κ1) is 21.8. The van der Waals surface area contributed by atoms with Crippen molar-refractivity contribution in [3.8, 4) is 0 Å². The third-order valence-corrected chi connectivity index (χ3v) is 6.93. The van der Waals surface area contributed by atoms with Crippen LogP contribution in [0.5, 0.6) is 0 Å². The van der Waals surface area contributed by atoms with Crippen LogP contribution in [0.15, 0.2) is 0 Å². The van der Waals surface area contributed by atoms with Crippen LogP contribution >= 0.6 is 0 Å². The van der Waals surface area contributed by atoms with Crippen molar-refractivity contribution >= 4 is 5.97 Å². The highest BCUT2D eigenvalue weighted by molar-refractivity contribution is 5.73. The van der Waals surface area contributed by atoms with Gasteiger partial charge in [0.25, 0.3) is 0 Å². The molecule has 2 aliphatic heterocycles. The second kappa shape index (κ2) is 9.30. The summed E-state index contributed by atoms with van der Waals surface area (Å²) in [6.07, 6.45) is 6.08. The number of carboxylic acids is 1. The molecule has 0 bridgehead atoms. The molecule has 2 saturated heterocycles. The highest BCUT2D eigenvalue weighted by atomic mass is 19.4. The Labute approximate surface area is 164 Å². The first-order valence-electron chi connectivity index (χ1n) is 10.5. The number of aliphatic carboxylic acids is 1. The van der Waals surface area contributed by atoms with Gasteiger partial charge in [-0.3, -0.25) is 0 Å². The topological polar surface area (TPSA) is 59.0 Å². The Bertz CT molecular complexity index is 512. The van der Waals surface area contributed by atoms with Gasteiger partial charge in [-0.15, -0.1) is 0 Å². The summed E-state index contributed by atoms with van der Waals surface area (Å²) in [7, 11) is 0. The predicted octanol–water partition coefficient (Wildman–Crippen LogP) is 3.72. The number of hydrogen-bond acceptors (Lipinski definition) is 4. The van der Waals surface area contributed by atoms with Crippen molar-refractivity contribution in [3.05, 3.63) is 0 Å². The average molecular weight is 407 g/mol. The molecule has 0 amide bonds. The number of alkyl halides is 3. The Hall–Kier alpha value is -0.860. The van der Waals surface area contributed by atoms with Crippen molar-refractivity contribution in [2.75, 3.05) is 39.5 Å². The molecule has 2 aliphatic carbocycles. The molecule has 28 heavy (non-hydrogen) atoms. The van der Waals surface area contributed by atoms with Crippen LogP contribution in [0, 0.1) is 17.3 Å². The van der Waals surface area contributed by atoms with Crippen LogP contribution in [0.2, 0.25) is 0 Å². The molecule has 162 valence electrons. The van der Waals surface area contributed by atoms with Crippen LogP contribution in [-0.2, 0) is 14.3 Å². The number of hydrogen-bond donors (Lipinski definition) is 1. The molecule has 0 radical (unpaired) electrons. The molecule has 1 N–H and O–H groups in total. The lowest BCUT2D eigenvalue weighted by Gasteiger charge is -2.51. The van der Waals surface area contributed by atoms with Gasteiger partial charge in [-0.25, -0.2) is 4.79 Å². The van der Waals surface area contributed by atoms with E-state index in [0.29, 0.717) is 11.3 Å². The normalized spacial score (nSPS) is 28.3. The zero-order valence-electron chi connectivity index (χ0n) is 16.4. The minimum atomic E-state index is -5.08. The van der Waals surface area contributed by atoms with Gasteiger partial charge in [-0.05, 0) is 69.4 Å². The summed E-state index contributed by atoms with van der Waals surface area (Å²) in [6, 6.07) is 0.923. The van der Waals surface area contributed by atoms with E-state index in [1.807, 2.05) is 0 Å². The third-order valence-electron chi connectivity index (χ3n) is 6.93. The second-order valence-corrected chi connectivity index (χ2v) is 8.79. The lowest BCUT2D eigenvalue weighted by atomic mass is 9.65. The number of carbonyl (C=O) groups is 1. The Morgan fingerprint density at radius 1 is 1.11 bits per heavy atom. The molecule has 1 unspecified atom stereocenters. The van der Waals surface area contributed by atoms with E-state index in [-0.39, 0.29) is 0 Å². The summed E-state index contributed by atoms with van der Waals surface area (Å²) in [6.45, 7) is 6.50. The lowest BCUT2D eigenvalue weighted by Crippen LogP contribution is -2.52. The first-order valence-corrected chi connectivity index (χ1v) is 10.5. The summed E-state index contributed by atoms with van der Waals surface area (Å²) in [5, 5.41) is 7.12. The third kappa shape index (κ3) is 5.83. The summed E-state index contributed by atoms with van der Waals surface area (Å²) in [5.41, 5.74) is 0.530. The van der Waals surface area contributed by atoms with Gasteiger partial charge in [0, 0.05) is 25.2 Å². The fraction of sp³-hybridized carbons (Fsp3) is 0.950. The van der Waals surface area contributed by atoms with Crippen molar-refractivity contribution in [3.63, 3.8) is 0 Å². The summed E-state index contributed by atoms with van der Waals surface area (Å²) in [4.78, 5) is 11.7. The maximum absolute atomic E-state index is 10.6. The molecule has 0 aromatic carbocycles. The lowest BCUT2D eigenvalue weighted by molar-refractivity contribution is -0.192. The molecule has 4 rings (SSSR count). The van der Waals surface area contributed by atoms with E-state index in [9.17, 15) is 13.2 Å². The fourth-order valence-electron chi connectivity index (χ4n) is 4.51. The zero-order chi connectivity index (χ0) is 20.2. The molecule has 4 fully saturated rings. The van der Waals surface area contributed by atoms with Gasteiger partial charge in [0.15, 0.2) is 0 Å². The van der Waals surface area contributed by atoms with Crippen LogP contribution in [0.25, 0.3) is 0 Å². The highest BCUT2D eigenvalue weighted by Crippen LogP contribution is 2.46. The number of halogens is 3. The predicted molar refractivity (Wildman–Crippen MR) is 97.0 cm³/mol. The van der Waals surface area contributed by atoms with Gasteiger partial charge in [0.05, 0.1) is 13.2 Å². The molecule has 4 aliphatic rings. The summed E-state index contributed by atoms with van der Waals surface area (Å²) < 4.78 is 43.6. The van der Waals surface area contributed by atoms with Gasteiger partial charge in [0.2, 0.25) is 0 Å². The summed E-state index contributed by atoms with van der Waals surface area (Å²) >= 11 is 0. The summed E-state index contributed by atoms with van der Waals surface area (Å²) in [5.74, 6) is -1.23. The van der Waals surface area contributed by atoms with E-state index in [2.05, 4.69) is 4.90 Å². The molecular formula is C20H32F3NO4. The van der Waals surface area contributed by atoms with Gasteiger partial charge >= 0.3 is 12.1 Å². The van der Waals surface area contributed by atoms with Crippen molar-refractivity contribution in [2.24, 2.45) is 17.3 Å². The number of carboxylic acid groups (broad SMARTS) is 1. The Kier molecular flexibility index (Phi) is 7.26. The molecule has 0 aromatic rings. The largest absolute Gasteiger partial charge is 0.490 e. The van der Waals surface area contributed by atoms with Crippen LogP contribution < -0.4 is 0 Å². The molecule has 1 atom stereocenters. The quantitative estimate of drug-likeness (QED) is 0.753. The van der Waals surface area contributed by atoms with Crippen molar-refractivity contribution in [1.29, 1.82) is 0 Å². The van der Waals surface area contributed by atoms with E-state index < -0.39 is 12.1 Å². The number of likely N-dealkylation sites (tertiary alicyclic amines) is 1. The van der Waals surface area contributed by atoms with E-state index in [1.54, 1.807) is 0 Å². The van der Waals surface area contributed by atoms with Gasteiger partial charge in [-0.1, -0.05) is 6.42 Å². The van der Waals surface area contributed by atoms with Crippen LogP contribution in [-0.4, -0.2) is 67.7 Å². The minimum Gasteiger partial charge on any atom is -0.475 e. The molecule has 0 aromatic heterocycles. The SMILES string of the molecule is C1CC(N2CCC3(CCOCC3COCC3CC3)CC2)C1.O=C(O)C(F)(F)F. The molecular weight excluding hydrogens is 375 g/mol. The zero-order valence-corrected chi connectivity index (χ0v) is 16.4. The van der Waals surface area contributed by atoms with Crippen molar-refractivity contribution in [1.82, 2.24) is 4.90 Å². The smallest absolute Gasteiger partial charge is 0.475 e. The molecule has 2 saturated carbocycles. The Morgan fingerprint density at radius 3 is 2.25 bits per heavy atom. The maximum Gasteiger partial charge on any atom is 0.490 e. The van der Waals surface area contributed by atoms with E-state index in [4.69, 9.17) is 19.4 Å². The van der Waals surface area contributed by atoms with Crippen molar-refractivity contribution in [2.45, 2.75) is 63.6 Å². The van der Waals surface area contributed by atoms with Crippen molar-refractivity contribution < 1.29 is 32.5 Å². The van der Waals surface area contributed by atoms with E-state index in [0.717, 1.165) is 38.4 Å². The van der Waals surface area contributed by atoms with Gasteiger partial charge in [-0.2, -0.15) is 13.2 Å². The van der Waals surface area contributed by atoms with Crippen LogP contribution in [0.3, 0.4) is 0 Å². The van der Waals surface area contributed by atoms with E-state index >= 15 is 0 Å². The number of nitrogens with zero attached hydrogens (tertiary/aromatic N) is 1. The van der Waals surface area contributed by atoms with Gasteiger partial charge in [0.1, 0.15) is 0 Å².